The number of phenols is 1. The first-order valence-corrected chi connectivity index (χ1v) is 12.2. The first-order valence-electron chi connectivity index (χ1n) is 12.2. The number of aliphatic hydroxyl groups excluding tert-OH is 6. The summed E-state index contributed by atoms with van der Waals surface area (Å²) in [7, 11) is 2.81. The number of phenolic OH excluding ortho intramolecular Hbond substituents is 1. The van der Waals surface area contributed by atoms with Gasteiger partial charge in [-0.2, -0.15) is 0 Å². The fourth-order valence-electron chi connectivity index (χ4n) is 4.18. The average Bonchev–Trinajstić information content (AvgIpc) is 2.94. The lowest BCUT2D eigenvalue weighted by Crippen LogP contribution is -2.59. The predicted molar refractivity (Wildman–Crippen MR) is 132 cm³/mol. The van der Waals surface area contributed by atoms with Crippen LogP contribution in [0.15, 0.2) is 36.4 Å². The van der Waals surface area contributed by atoms with E-state index in [1.807, 2.05) is 0 Å². The molecule has 12 nitrogen and oxygen atoms in total. The fraction of sp³-hybridized carbons (Fsp3) is 0.538. The molecule has 2 aromatic rings. The van der Waals surface area contributed by atoms with E-state index in [0.717, 1.165) is 5.56 Å². The van der Waals surface area contributed by atoms with Crippen molar-refractivity contribution in [2.75, 3.05) is 34.0 Å². The number of hydrogen-bond acceptors (Lipinski definition) is 12. The highest BCUT2D eigenvalue weighted by Crippen LogP contribution is 2.37. The van der Waals surface area contributed by atoms with Crippen molar-refractivity contribution in [2.24, 2.45) is 0 Å². The topological polar surface area (TPSA) is 188 Å². The van der Waals surface area contributed by atoms with E-state index < -0.39 is 56.1 Å². The summed E-state index contributed by atoms with van der Waals surface area (Å²) < 4.78 is 28.3. The van der Waals surface area contributed by atoms with Crippen LogP contribution < -0.4 is 14.2 Å². The number of aromatic hydroxyl groups is 1. The van der Waals surface area contributed by atoms with Crippen LogP contribution in [0.1, 0.15) is 23.7 Å². The second kappa shape index (κ2) is 13.9. The third-order valence-electron chi connectivity index (χ3n) is 6.31. The van der Waals surface area contributed by atoms with E-state index >= 15 is 0 Å². The second-order valence-electron chi connectivity index (χ2n) is 8.84. The highest BCUT2D eigenvalue weighted by Gasteiger charge is 2.46. The van der Waals surface area contributed by atoms with Crippen molar-refractivity contribution >= 4 is 0 Å². The van der Waals surface area contributed by atoms with Crippen LogP contribution in [0.4, 0.5) is 0 Å². The van der Waals surface area contributed by atoms with Crippen LogP contribution >= 0.6 is 0 Å². The van der Waals surface area contributed by atoms with Gasteiger partial charge < -0.3 is 59.4 Å². The molecule has 1 saturated heterocycles. The van der Waals surface area contributed by atoms with Gasteiger partial charge in [-0.3, -0.25) is 0 Å². The number of methoxy groups -OCH3 is 2. The van der Waals surface area contributed by atoms with E-state index in [0.29, 0.717) is 24.2 Å². The molecular formula is C26H36O12. The van der Waals surface area contributed by atoms with E-state index in [1.165, 1.54) is 32.4 Å². The minimum Gasteiger partial charge on any atom is -0.504 e. The van der Waals surface area contributed by atoms with Gasteiger partial charge >= 0.3 is 0 Å². The molecule has 2 aromatic carbocycles. The maximum absolute atomic E-state index is 10.5. The second-order valence-corrected chi connectivity index (χ2v) is 8.84. The summed E-state index contributed by atoms with van der Waals surface area (Å²) in [6, 6.07) is 9.48. The molecule has 1 heterocycles. The monoisotopic (exact) mass is 540 g/mol. The Labute approximate surface area is 220 Å². The van der Waals surface area contributed by atoms with Crippen LogP contribution in [0.25, 0.3) is 0 Å². The van der Waals surface area contributed by atoms with Crippen LogP contribution in [-0.4, -0.2) is 107 Å². The Morgan fingerprint density at radius 3 is 2.24 bits per heavy atom. The highest BCUT2D eigenvalue weighted by atomic mass is 16.7. The Kier molecular flexibility index (Phi) is 10.9. The largest absolute Gasteiger partial charge is 0.504 e. The van der Waals surface area contributed by atoms with Gasteiger partial charge in [0.1, 0.15) is 30.5 Å². The first-order chi connectivity index (χ1) is 18.3. The molecule has 0 spiro atoms. The highest BCUT2D eigenvalue weighted by molar-refractivity contribution is 5.44. The third-order valence-corrected chi connectivity index (χ3v) is 6.31. The van der Waals surface area contributed by atoms with Crippen LogP contribution in [0, 0.1) is 0 Å². The fourth-order valence-corrected chi connectivity index (χ4v) is 4.18. The van der Waals surface area contributed by atoms with Crippen molar-refractivity contribution in [1.29, 1.82) is 0 Å². The van der Waals surface area contributed by atoms with Gasteiger partial charge in [-0.1, -0.05) is 12.1 Å². The molecule has 212 valence electrons. The molecule has 3 rings (SSSR count). The zero-order valence-corrected chi connectivity index (χ0v) is 21.2. The zero-order chi connectivity index (χ0) is 27.8. The van der Waals surface area contributed by atoms with Gasteiger partial charge in [-0.15, -0.1) is 0 Å². The molecule has 1 fully saturated rings. The molecule has 12 heteroatoms. The maximum Gasteiger partial charge on any atom is 0.187 e. The Morgan fingerprint density at radius 2 is 1.61 bits per heavy atom. The minimum absolute atomic E-state index is 0.0419. The summed E-state index contributed by atoms with van der Waals surface area (Å²) in [4.78, 5) is 0. The molecule has 0 amide bonds. The van der Waals surface area contributed by atoms with Gasteiger partial charge in [-0.05, 0) is 48.2 Å². The average molecular weight is 541 g/mol. The molecule has 0 unspecified atom stereocenters. The quantitative estimate of drug-likeness (QED) is 0.175. The molecule has 7 N–H and O–H groups in total. The van der Waals surface area contributed by atoms with E-state index in [1.54, 1.807) is 18.2 Å². The molecule has 38 heavy (non-hydrogen) atoms. The Morgan fingerprint density at radius 1 is 0.868 bits per heavy atom. The smallest absolute Gasteiger partial charge is 0.187 e. The molecule has 0 aromatic heterocycles. The van der Waals surface area contributed by atoms with Crippen LogP contribution in [0.2, 0.25) is 0 Å². The summed E-state index contributed by atoms with van der Waals surface area (Å²) in [5.74, 6) is 0.595. The number of benzene rings is 2. The normalized spacial score (nSPS) is 25.0. The Hall–Kier alpha value is -2.68. The van der Waals surface area contributed by atoms with Crippen molar-refractivity contribution in [2.45, 2.75) is 55.8 Å². The lowest BCUT2D eigenvalue weighted by molar-refractivity contribution is -0.318. The number of aryl methyl sites for hydroxylation is 1. The minimum atomic E-state index is -1.70. The van der Waals surface area contributed by atoms with Crippen molar-refractivity contribution in [3.8, 4) is 23.0 Å². The van der Waals surface area contributed by atoms with Crippen LogP contribution in [0.3, 0.4) is 0 Å². The lowest BCUT2D eigenvalue weighted by atomic mass is 9.98. The molecular weight excluding hydrogens is 504 g/mol. The molecule has 0 bridgehead atoms. The van der Waals surface area contributed by atoms with Gasteiger partial charge in [0.2, 0.25) is 0 Å². The Balaban J connectivity index is 1.96. The van der Waals surface area contributed by atoms with E-state index in [-0.39, 0.29) is 23.9 Å². The molecule has 1 aliphatic rings. The van der Waals surface area contributed by atoms with Gasteiger partial charge in [0.25, 0.3) is 0 Å². The van der Waals surface area contributed by atoms with E-state index in [2.05, 4.69) is 0 Å². The van der Waals surface area contributed by atoms with Crippen molar-refractivity contribution in [3.05, 3.63) is 47.5 Å². The van der Waals surface area contributed by atoms with Gasteiger partial charge in [0.05, 0.1) is 27.4 Å². The predicted octanol–water partition coefficient (Wildman–Crippen LogP) is -0.368. The summed E-state index contributed by atoms with van der Waals surface area (Å²) in [5.41, 5.74) is 1.26. The van der Waals surface area contributed by atoms with E-state index in [4.69, 9.17) is 28.8 Å². The standard InChI is InChI=1S/C26H36O12/c1-34-18-11-15(6-7-16(18)30)25(38-26-24(33)23(32)22(31)20(12-28)37-26)21(13-29)36-17-8-5-14(4-3-9-27)10-19(17)35-2/h5-8,10-11,20-33H,3-4,9,12-13H2,1-2H3/t20-,21+,22-,23+,24-,25-,26+/m1/s1. The molecule has 0 aliphatic carbocycles. The lowest BCUT2D eigenvalue weighted by Gasteiger charge is -2.41. The van der Waals surface area contributed by atoms with Gasteiger partial charge in [-0.25, -0.2) is 0 Å². The Bertz CT molecular complexity index is 1020. The molecule has 7 atom stereocenters. The molecule has 0 radical (unpaired) electrons. The summed E-state index contributed by atoms with van der Waals surface area (Å²) in [5, 5.41) is 69.9. The maximum atomic E-state index is 10.5. The summed E-state index contributed by atoms with van der Waals surface area (Å²) in [6.45, 7) is -1.19. The number of aliphatic hydroxyl groups is 6. The van der Waals surface area contributed by atoms with Crippen LogP contribution in [0.5, 0.6) is 23.0 Å². The number of ether oxygens (including phenoxy) is 5. The van der Waals surface area contributed by atoms with Crippen molar-refractivity contribution < 1.29 is 59.4 Å². The number of hydrogen-bond donors (Lipinski definition) is 7. The zero-order valence-electron chi connectivity index (χ0n) is 21.2. The summed E-state index contributed by atoms with van der Waals surface area (Å²) >= 11 is 0. The molecule has 1 aliphatic heterocycles. The number of rotatable bonds is 13. The first kappa shape index (κ1) is 29.9. The summed E-state index contributed by atoms with van der Waals surface area (Å²) in [6.07, 6.45) is -8.82. The SMILES string of the molecule is COc1cc([C@@H](O[C@@H]2O[C@H](CO)[C@@H](O)[C@H](O)[C@H]2O)[C@H](CO)Oc2ccc(CCCO)cc2OC)ccc1O. The van der Waals surface area contributed by atoms with Gasteiger partial charge in [0.15, 0.2) is 35.4 Å². The third kappa shape index (κ3) is 6.84. The van der Waals surface area contributed by atoms with Gasteiger partial charge in [0, 0.05) is 6.61 Å². The molecule has 0 saturated carbocycles. The van der Waals surface area contributed by atoms with Crippen molar-refractivity contribution in [3.63, 3.8) is 0 Å². The van der Waals surface area contributed by atoms with Crippen molar-refractivity contribution in [1.82, 2.24) is 0 Å². The van der Waals surface area contributed by atoms with Crippen LogP contribution in [-0.2, 0) is 15.9 Å². The van der Waals surface area contributed by atoms with E-state index in [9.17, 15) is 30.6 Å².